The second kappa shape index (κ2) is 5.16. The molecule has 0 bridgehead atoms. The third-order valence-electron chi connectivity index (χ3n) is 4.72. The van der Waals surface area contributed by atoms with E-state index in [1.807, 2.05) is 24.3 Å². The van der Waals surface area contributed by atoms with Crippen LogP contribution < -0.4 is 0 Å². The van der Waals surface area contributed by atoms with Gasteiger partial charge in [-0.3, -0.25) is 4.90 Å². The van der Waals surface area contributed by atoms with E-state index in [-0.39, 0.29) is 6.04 Å². The van der Waals surface area contributed by atoms with Crippen molar-refractivity contribution in [1.82, 2.24) is 20.0 Å². The first-order valence-corrected chi connectivity index (χ1v) is 8.29. The first kappa shape index (κ1) is 13.2. The van der Waals surface area contributed by atoms with Crippen LogP contribution in [0.5, 0.6) is 0 Å². The molecule has 3 heterocycles. The average molecular weight is 310 g/mol. The molecule has 0 radical (unpaired) electrons. The third-order valence-corrected chi connectivity index (χ3v) is 4.72. The summed E-state index contributed by atoms with van der Waals surface area (Å²) in [5, 5.41) is 4.22. The molecule has 1 atom stereocenters. The summed E-state index contributed by atoms with van der Waals surface area (Å²) in [5.74, 6) is 2.89. The molecule has 23 heavy (non-hydrogen) atoms. The summed E-state index contributed by atoms with van der Waals surface area (Å²) < 4.78 is 11.3. The zero-order chi connectivity index (χ0) is 15.2. The normalized spacial score (nSPS) is 22.2. The Labute approximate surface area is 133 Å². The molecule has 2 aromatic heterocycles. The lowest BCUT2D eigenvalue weighted by Gasteiger charge is -2.19. The van der Waals surface area contributed by atoms with Crippen LogP contribution in [-0.4, -0.2) is 26.6 Å². The van der Waals surface area contributed by atoms with Gasteiger partial charge in [-0.15, -0.1) is 0 Å². The van der Waals surface area contributed by atoms with Crippen molar-refractivity contribution < 1.29 is 8.94 Å². The molecule has 0 amide bonds. The summed E-state index contributed by atoms with van der Waals surface area (Å²) in [6.07, 6.45) is 4.56. The molecule has 0 unspecified atom stereocenters. The van der Waals surface area contributed by atoms with Crippen LogP contribution >= 0.6 is 0 Å². The molecule has 2 aliphatic rings. The van der Waals surface area contributed by atoms with Gasteiger partial charge in [0.05, 0.1) is 12.6 Å². The van der Waals surface area contributed by atoms with Crippen molar-refractivity contribution in [2.75, 3.05) is 6.54 Å². The molecule has 3 aromatic rings. The van der Waals surface area contributed by atoms with Crippen LogP contribution in [0, 0.1) is 0 Å². The summed E-state index contributed by atoms with van der Waals surface area (Å²) in [6.45, 7) is 1.70. The Hall–Kier alpha value is -2.21. The minimum absolute atomic E-state index is 0.210. The fraction of sp³-hybridized carbons (Fsp3) is 0.471. The first-order chi connectivity index (χ1) is 11.4. The van der Waals surface area contributed by atoms with Crippen LogP contribution in [0.25, 0.3) is 11.1 Å². The molecular formula is C17H18N4O2. The molecule has 1 aromatic carbocycles. The van der Waals surface area contributed by atoms with E-state index in [1.165, 1.54) is 12.8 Å². The maximum atomic E-state index is 5.85. The van der Waals surface area contributed by atoms with Crippen molar-refractivity contribution in [2.45, 2.75) is 44.2 Å². The number of nitrogens with zero attached hydrogens (tertiary/aromatic N) is 4. The number of rotatable bonds is 4. The van der Waals surface area contributed by atoms with Crippen LogP contribution in [0.4, 0.5) is 0 Å². The lowest BCUT2D eigenvalue weighted by atomic mass is 10.2. The van der Waals surface area contributed by atoms with Crippen molar-refractivity contribution in [3.63, 3.8) is 0 Å². The van der Waals surface area contributed by atoms with Gasteiger partial charge in [-0.05, 0) is 44.4 Å². The van der Waals surface area contributed by atoms with E-state index in [2.05, 4.69) is 20.0 Å². The molecule has 6 heteroatoms. The summed E-state index contributed by atoms with van der Waals surface area (Å²) in [6, 6.07) is 8.08. The van der Waals surface area contributed by atoms with Crippen LogP contribution in [0.3, 0.4) is 0 Å². The summed E-state index contributed by atoms with van der Waals surface area (Å²) in [7, 11) is 0. The highest BCUT2D eigenvalue weighted by Gasteiger charge is 2.34. The molecule has 0 N–H and O–H groups in total. The van der Waals surface area contributed by atoms with E-state index in [0.29, 0.717) is 12.5 Å². The Balaban J connectivity index is 1.37. The Morgan fingerprint density at radius 3 is 2.91 bits per heavy atom. The minimum Gasteiger partial charge on any atom is -0.439 e. The van der Waals surface area contributed by atoms with Gasteiger partial charge in [0.1, 0.15) is 5.52 Å². The highest BCUT2D eigenvalue weighted by Crippen LogP contribution is 2.40. The zero-order valence-electron chi connectivity index (χ0n) is 12.8. The van der Waals surface area contributed by atoms with Crippen LogP contribution in [0.2, 0.25) is 0 Å². The molecule has 0 spiro atoms. The molecule has 1 saturated carbocycles. The number of likely N-dealkylation sites (tertiary alicyclic amines) is 1. The lowest BCUT2D eigenvalue weighted by Crippen LogP contribution is -2.23. The molecule has 1 saturated heterocycles. The summed E-state index contributed by atoms with van der Waals surface area (Å²) in [4.78, 5) is 11.5. The van der Waals surface area contributed by atoms with Gasteiger partial charge in [-0.1, -0.05) is 17.3 Å². The highest BCUT2D eigenvalue weighted by atomic mass is 16.5. The van der Waals surface area contributed by atoms with Gasteiger partial charge in [0.2, 0.25) is 11.8 Å². The van der Waals surface area contributed by atoms with Gasteiger partial charge in [0.25, 0.3) is 0 Å². The molecule has 6 nitrogen and oxygen atoms in total. The molecule has 118 valence electrons. The Kier molecular flexibility index (Phi) is 2.97. The number of para-hydroxylation sites is 2. The summed E-state index contributed by atoms with van der Waals surface area (Å²) >= 11 is 0. The monoisotopic (exact) mass is 310 g/mol. The number of hydrogen-bond acceptors (Lipinski definition) is 6. The minimum atomic E-state index is 0.210. The van der Waals surface area contributed by atoms with Crippen LogP contribution in [0.15, 0.2) is 33.2 Å². The van der Waals surface area contributed by atoms with Crippen molar-refractivity contribution in [3.8, 4) is 0 Å². The van der Waals surface area contributed by atoms with E-state index >= 15 is 0 Å². The maximum absolute atomic E-state index is 5.85. The average Bonchev–Trinajstić information content (AvgIpc) is 3.00. The second-order valence-electron chi connectivity index (χ2n) is 6.47. The Bertz CT molecular complexity index is 803. The first-order valence-electron chi connectivity index (χ1n) is 8.29. The fourth-order valence-electron chi connectivity index (χ4n) is 3.35. The van der Waals surface area contributed by atoms with Gasteiger partial charge in [0.15, 0.2) is 11.4 Å². The van der Waals surface area contributed by atoms with Crippen molar-refractivity contribution in [1.29, 1.82) is 0 Å². The lowest BCUT2D eigenvalue weighted by molar-refractivity contribution is 0.214. The Morgan fingerprint density at radius 2 is 2.04 bits per heavy atom. The topological polar surface area (TPSA) is 68.2 Å². The molecule has 5 rings (SSSR count). The van der Waals surface area contributed by atoms with E-state index in [0.717, 1.165) is 48.1 Å². The standard InChI is InChI=1S/C17H18N4O2/c1-2-6-14-12(4-1)18-15(22-14)10-21-9-3-5-13(21)16-19-17(23-20-16)11-7-8-11/h1-2,4,6,11,13H,3,5,7-10H2/t13-/m1/s1. The van der Waals surface area contributed by atoms with E-state index < -0.39 is 0 Å². The number of fused-ring (bicyclic) bond motifs is 1. The molecule has 1 aliphatic carbocycles. The van der Waals surface area contributed by atoms with Crippen molar-refractivity contribution in [3.05, 3.63) is 41.9 Å². The molecule has 1 aliphatic heterocycles. The van der Waals surface area contributed by atoms with E-state index in [4.69, 9.17) is 8.94 Å². The zero-order valence-corrected chi connectivity index (χ0v) is 12.8. The second-order valence-corrected chi connectivity index (χ2v) is 6.47. The fourth-order valence-corrected chi connectivity index (χ4v) is 3.35. The summed E-state index contributed by atoms with van der Waals surface area (Å²) in [5.41, 5.74) is 1.75. The SMILES string of the molecule is c1ccc2oc(CN3CCC[C@@H]3c3noc(C4CC4)n3)nc2c1. The molecular weight excluding hydrogens is 292 g/mol. The number of benzene rings is 1. The van der Waals surface area contributed by atoms with Gasteiger partial charge >= 0.3 is 0 Å². The van der Waals surface area contributed by atoms with Crippen LogP contribution in [0.1, 0.15) is 55.2 Å². The van der Waals surface area contributed by atoms with Crippen molar-refractivity contribution >= 4 is 11.1 Å². The van der Waals surface area contributed by atoms with Crippen LogP contribution in [-0.2, 0) is 6.54 Å². The highest BCUT2D eigenvalue weighted by molar-refractivity contribution is 5.72. The van der Waals surface area contributed by atoms with E-state index in [9.17, 15) is 0 Å². The maximum Gasteiger partial charge on any atom is 0.229 e. The van der Waals surface area contributed by atoms with Gasteiger partial charge in [0, 0.05) is 5.92 Å². The van der Waals surface area contributed by atoms with Crippen molar-refractivity contribution in [2.24, 2.45) is 0 Å². The van der Waals surface area contributed by atoms with E-state index in [1.54, 1.807) is 0 Å². The van der Waals surface area contributed by atoms with Gasteiger partial charge in [-0.25, -0.2) is 4.98 Å². The predicted octanol–water partition coefficient (Wildman–Crippen LogP) is 3.43. The smallest absolute Gasteiger partial charge is 0.229 e. The van der Waals surface area contributed by atoms with Gasteiger partial charge < -0.3 is 8.94 Å². The molecule has 2 fully saturated rings. The number of hydrogen-bond donors (Lipinski definition) is 0. The largest absolute Gasteiger partial charge is 0.439 e. The van der Waals surface area contributed by atoms with Gasteiger partial charge in [-0.2, -0.15) is 4.98 Å². The number of oxazole rings is 1. The quantitative estimate of drug-likeness (QED) is 0.735. The Morgan fingerprint density at radius 1 is 1.13 bits per heavy atom. The predicted molar refractivity (Wildman–Crippen MR) is 82.7 cm³/mol. The third kappa shape index (κ3) is 2.43. The number of aromatic nitrogens is 3.